The summed E-state index contributed by atoms with van der Waals surface area (Å²) >= 11 is 0. The molecule has 1 atom stereocenters. The van der Waals surface area contributed by atoms with Gasteiger partial charge in [0.05, 0.1) is 7.11 Å². The van der Waals surface area contributed by atoms with E-state index in [1.165, 1.54) is 52.1 Å². The average Bonchev–Trinajstić information content (AvgIpc) is 2.50. The molecule has 3 heteroatoms. The summed E-state index contributed by atoms with van der Waals surface area (Å²) in [6.07, 6.45) is 12.9. The normalized spacial score (nSPS) is 24.5. The number of unbranched alkanes of at least 4 members (excludes halogenated alkanes) is 1. The molecule has 0 aromatic heterocycles. The fourth-order valence-electron chi connectivity index (χ4n) is 4.09. The van der Waals surface area contributed by atoms with Crippen LogP contribution in [0.25, 0.3) is 0 Å². The van der Waals surface area contributed by atoms with Crippen molar-refractivity contribution in [3.8, 4) is 0 Å². The smallest absolute Gasteiger partial charge is 0.323 e. The van der Waals surface area contributed by atoms with Crippen LogP contribution in [0.3, 0.4) is 0 Å². The molecule has 0 bridgehead atoms. The van der Waals surface area contributed by atoms with Crippen molar-refractivity contribution in [3.63, 3.8) is 0 Å². The first kappa shape index (κ1) is 15.8. The number of piperidine rings is 1. The molecule has 2 fully saturated rings. The van der Waals surface area contributed by atoms with Gasteiger partial charge in [0.25, 0.3) is 0 Å². The SMILES string of the molecule is CCCCC(C(=O)OC)N1CCC2(CCCCC2)CC1. The highest BCUT2D eigenvalue weighted by Crippen LogP contribution is 2.44. The molecule has 0 radical (unpaired) electrons. The number of ether oxygens (including phenoxy) is 1. The van der Waals surface area contributed by atoms with Crippen LogP contribution in [0.1, 0.15) is 71.1 Å². The summed E-state index contributed by atoms with van der Waals surface area (Å²) in [5.74, 6) is -0.0296. The maximum atomic E-state index is 12.0. The maximum Gasteiger partial charge on any atom is 0.323 e. The summed E-state index contributed by atoms with van der Waals surface area (Å²) in [7, 11) is 1.52. The van der Waals surface area contributed by atoms with Crippen LogP contribution in [-0.2, 0) is 9.53 Å². The Balaban J connectivity index is 1.90. The molecule has 0 amide bonds. The molecule has 20 heavy (non-hydrogen) atoms. The standard InChI is InChI=1S/C17H31NO2/c1-3-4-8-15(16(19)20-2)18-13-11-17(12-14-18)9-6-5-7-10-17/h15H,3-14H2,1-2H3. The van der Waals surface area contributed by atoms with E-state index in [1.54, 1.807) is 0 Å². The van der Waals surface area contributed by atoms with Crippen molar-refractivity contribution in [3.05, 3.63) is 0 Å². The van der Waals surface area contributed by atoms with Crippen LogP contribution in [0.15, 0.2) is 0 Å². The topological polar surface area (TPSA) is 29.5 Å². The van der Waals surface area contributed by atoms with Gasteiger partial charge >= 0.3 is 5.97 Å². The molecule has 1 unspecified atom stereocenters. The molecule has 116 valence electrons. The number of esters is 1. The second-order valence-electron chi connectivity index (χ2n) is 6.78. The van der Waals surface area contributed by atoms with Crippen LogP contribution in [0.4, 0.5) is 0 Å². The van der Waals surface area contributed by atoms with Crippen LogP contribution >= 0.6 is 0 Å². The Labute approximate surface area is 124 Å². The number of carbonyl (C=O) groups excluding carboxylic acids is 1. The van der Waals surface area contributed by atoms with E-state index in [0.717, 1.165) is 32.4 Å². The second kappa shape index (κ2) is 7.44. The molecule has 0 N–H and O–H groups in total. The molecule has 0 aromatic rings. The van der Waals surface area contributed by atoms with Crippen LogP contribution in [0.2, 0.25) is 0 Å². The van der Waals surface area contributed by atoms with Gasteiger partial charge in [0.15, 0.2) is 0 Å². The highest BCUT2D eigenvalue weighted by Gasteiger charge is 2.38. The summed E-state index contributed by atoms with van der Waals surface area (Å²) in [6, 6.07) is 0.000825. The van der Waals surface area contributed by atoms with Gasteiger partial charge in [0.1, 0.15) is 6.04 Å². The molecule has 0 aromatic carbocycles. The number of carbonyl (C=O) groups is 1. The van der Waals surface area contributed by atoms with Gasteiger partial charge in [-0.05, 0) is 50.6 Å². The fraction of sp³-hybridized carbons (Fsp3) is 0.941. The molecular formula is C17H31NO2. The summed E-state index contributed by atoms with van der Waals surface area (Å²) in [4.78, 5) is 14.4. The molecule has 1 saturated heterocycles. The van der Waals surface area contributed by atoms with Crippen LogP contribution in [-0.4, -0.2) is 37.1 Å². The molecule has 1 heterocycles. The molecule has 1 saturated carbocycles. The Bertz CT molecular complexity index is 300. The van der Waals surface area contributed by atoms with Gasteiger partial charge in [-0.15, -0.1) is 0 Å². The Morgan fingerprint density at radius 2 is 1.80 bits per heavy atom. The van der Waals surface area contributed by atoms with Gasteiger partial charge in [0, 0.05) is 0 Å². The van der Waals surface area contributed by atoms with Crippen LogP contribution in [0.5, 0.6) is 0 Å². The van der Waals surface area contributed by atoms with E-state index in [-0.39, 0.29) is 12.0 Å². The Morgan fingerprint density at radius 3 is 2.35 bits per heavy atom. The van der Waals surface area contributed by atoms with E-state index in [0.29, 0.717) is 5.41 Å². The largest absolute Gasteiger partial charge is 0.468 e. The summed E-state index contributed by atoms with van der Waals surface area (Å²) in [5, 5.41) is 0. The second-order valence-corrected chi connectivity index (χ2v) is 6.78. The van der Waals surface area contributed by atoms with E-state index in [9.17, 15) is 4.79 Å². The predicted molar refractivity (Wildman–Crippen MR) is 81.7 cm³/mol. The number of hydrogen-bond donors (Lipinski definition) is 0. The highest BCUT2D eigenvalue weighted by molar-refractivity contribution is 5.75. The van der Waals surface area contributed by atoms with E-state index in [4.69, 9.17) is 4.74 Å². The van der Waals surface area contributed by atoms with Crippen molar-refractivity contribution >= 4 is 5.97 Å². The van der Waals surface area contributed by atoms with E-state index < -0.39 is 0 Å². The third-order valence-corrected chi connectivity index (χ3v) is 5.52. The lowest BCUT2D eigenvalue weighted by Gasteiger charge is -2.46. The molecule has 2 aliphatic rings. The monoisotopic (exact) mass is 281 g/mol. The summed E-state index contributed by atoms with van der Waals surface area (Å²) in [5.41, 5.74) is 0.611. The van der Waals surface area contributed by atoms with Crippen molar-refractivity contribution in [2.24, 2.45) is 5.41 Å². The van der Waals surface area contributed by atoms with Gasteiger partial charge in [-0.2, -0.15) is 0 Å². The maximum absolute atomic E-state index is 12.0. The first-order chi connectivity index (χ1) is 9.71. The zero-order valence-corrected chi connectivity index (χ0v) is 13.3. The molecule has 1 aliphatic heterocycles. The van der Waals surface area contributed by atoms with Crippen LogP contribution < -0.4 is 0 Å². The zero-order valence-electron chi connectivity index (χ0n) is 13.3. The van der Waals surface area contributed by atoms with Gasteiger partial charge in [0.2, 0.25) is 0 Å². The lowest BCUT2D eigenvalue weighted by Crippen LogP contribution is -2.49. The Kier molecular flexibility index (Phi) is 5.88. The number of likely N-dealkylation sites (tertiary alicyclic amines) is 1. The first-order valence-electron chi connectivity index (χ1n) is 8.53. The lowest BCUT2D eigenvalue weighted by atomic mass is 9.68. The van der Waals surface area contributed by atoms with E-state index >= 15 is 0 Å². The number of methoxy groups -OCH3 is 1. The molecule has 2 rings (SSSR count). The van der Waals surface area contributed by atoms with E-state index in [2.05, 4.69) is 11.8 Å². The number of hydrogen-bond acceptors (Lipinski definition) is 3. The van der Waals surface area contributed by atoms with Crippen molar-refractivity contribution < 1.29 is 9.53 Å². The minimum atomic E-state index is -0.0296. The third-order valence-electron chi connectivity index (χ3n) is 5.52. The number of nitrogens with zero attached hydrogens (tertiary/aromatic N) is 1. The molecule has 3 nitrogen and oxygen atoms in total. The van der Waals surface area contributed by atoms with Crippen LogP contribution in [0, 0.1) is 5.41 Å². The minimum absolute atomic E-state index is 0.000825. The van der Waals surface area contributed by atoms with Gasteiger partial charge in [-0.25, -0.2) is 0 Å². The van der Waals surface area contributed by atoms with Crippen molar-refractivity contribution in [2.45, 2.75) is 77.2 Å². The Morgan fingerprint density at radius 1 is 1.15 bits per heavy atom. The van der Waals surface area contributed by atoms with Gasteiger partial charge in [-0.1, -0.05) is 39.0 Å². The molecule has 1 spiro atoms. The zero-order chi connectivity index (χ0) is 14.4. The third kappa shape index (κ3) is 3.75. The van der Waals surface area contributed by atoms with Crippen molar-refractivity contribution in [2.75, 3.05) is 20.2 Å². The quantitative estimate of drug-likeness (QED) is 0.719. The molecular weight excluding hydrogens is 250 g/mol. The van der Waals surface area contributed by atoms with Gasteiger partial charge in [-0.3, -0.25) is 9.69 Å². The number of rotatable bonds is 5. The average molecular weight is 281 g/mol. The predicted octanol–water partition coefficient (Wildman–Crippen LogP) is 3.76. The summed E-state index contributed by atoms with van der Waals surface area (Å²) in [6.45, 7) is 4.36. The Hall–Kier alpha value is -0.570. The molecule has 1 aliphatic carbocycles. The highest BCUT2D eigenvalue weighted by atomic mass is 16.5. The fourth-order valence-corrected chi connectivity index (χ4v) is 4.09. The lowest BCUT2D eigenvalue weighted by molar-refractivity contribution is -0.148. The van der Waals surface area contributed by atoms with Crippen molar-refractivity contribution in [1.82, 2.24) is 4.90 Å². The minimum Gasteiger partial charge on any atom is -0.468 e. The first-order valence-corrected chi connectivity index (χ1v) is 8.53. The van der Waals surface area contributed by atoms with Crippen molar-refractivity contribution in [1.29, 1.82) is 0 Å². The summed E-state index contributed by atoms with van der Waals surface area (Å²) < 4.78 is 5.02. The van der Waals surface area contributed by atoms with Gasteiger partial charge < -0.3 is 4.74 Å². The van der Waals surface area contributed by atoms with E-state index in [1.807, 2.05) is 0 Å².